The van der Waals surface area contributed by atoms with Gasteiger partial charge in [0.05, 0.1) is 27.6 Å². The Morgan fingerprint density at radius 1 is 1.22 bits per heavy atom. The van der Waals surface area contributed by atoms with Gasteiger partial charge in [-0.1, -0.05) is 43.4 Å². The van der Waals surface area contributed by atoms with E-state index in [2.05, 4.69) is 43.4 Å². The van der Waals surface area contributed by atoms with E-state index in [1.807, 2.05) is 0 Å². The van der Waals surface area contributed by atoms with Crippen LogP contribution < -0.4 is 0 Å². The molecular weight excluding hydrogens is 363 g/mol. The molecule has 0 amide bonds. The van der Waals surface area contributed by atoms with Gasteiger partial charge < -0.3 is 4.74 Å². The summed E-state index contributed by atoms with van der Waals surface area (Å²) in [7, 11) is -2.87. The molecule has 4 atom stereocenters. The SMILES string of the molecule is CC1CC(OC2CS(=O)(=O)CC2I)CC(C)(C)C1. The van der Waals surface area contributed by atoms with Crippen molar-refractivity contribution in [2.24, 2.45) is 11.3 Å². The Morgan fingerprint density at radius 2 is 1.89 bits per heavy atom. The maximum absolute atomic E-state index is 11.6. The van der Waals surface area contributed by atoms with E-state index < -0.39 is 9.84 Å². The topological polar surface area (TPSA) is 43.4 Å². The average Bonchev–Trinajstić information content (AvgIpc) is 2.35. The van der Waals surface area contributed by atoms with Crippen molar-refractivity contribution in [2.75, 3.05) is 11.5 Å². The standard InChI is InChI=1S/C13H23IO3S/c1-9-4-10(6-13(2,3)5-9)17-12-8-18(15,16)7-11(12)14/h9-12H,4-8H2,1-3H3. The van der Waals surface area contributed by atoms with Gasteiger partial charge in [0.25, 0.3) is 0 Å². The number of sulfone groups is 1. The van der Waals surface area contributed by atoms with Gasteiger partial charge in [-0.3, -0.25) is 0 Å². The molecule has 1 aliphatic heterocycles. The zero-order valence-corrected chi connectivity index (χ0v) is 14.3. The van der Waals surface area contributed by atoms with Crippen molar-refractivity contribution in [3.8, 4) is 0 Å². The quantitative estimate of drug-likeness (QED) is 0.542. The summed E-state index contributed by atoms with van der Waals surface area (Å²) in [4.78, 5) is 0. The number of hydrogen-bond acceptors (Lipinski definition) is 3. The minimum absolute atomic E-state index is 0.0956. The van der Waals surface area contributed by atoms with Crippen molar-refractivity contribution >= 4 is 32.4 Å². The lowest BCUT2D eigenvalue weighted by molar-refractivity contribution is -0.0526. The number of ether oxygens (including phenoxy) is 1. The summed E-state index contributed by atoms with van der Waals surface area (Å²) < 4.78 is 29.4. The second-order valence-electron chi connectivity index (χ2n) is 6.80. The summed E-state index contributed by atoms with van der Waals surface area (Å²) in [6.07, 6.45) is 3.50. The Balaban J connectivity index is 1.98. The first-order chi connectivity index (χ1) is 8.17. The minimum atomic E-state index is -2.87. The molecule has 0 bridgehead atoms. The summed E-state index contributed by atoms with van der Waals surface area (Å²) >= 11 is 2.23. The van der Waals surface area contributed by atoms with E-state index in [-0.39, 0.29) is 27.6 Å². The fourth-order valence-corrected chi connectivity index (χ4v) is 7.57. The molecule has 1 aliphatic carbocycles. The maximum atomic E-state index is 11.6. The van der Waals surface area contributed by atoms with Crippen LogP contribution in [0.1, 0.15) is 40.0 Å². The van der Waals surface area contributed by atoms with Crippen LogP contribution in [0.3, 0.4) is 0 Å². The Bertz CT molecular complexity index is 404. The van der Waals surface area contributed by atoms with E-state index in [1.165, 1.54) is 6.42 Å². The van der Waals surface area contributed by atoms with Gasteiger partial charge in [-0.25, -0.2) is 8.42 Å². The monoisotopic (exact) mass is 386 g/mol. The van der Waals surface area contributed by atoms with Gasteiger partial charge in [-0.15, -0.1) is 0 Å². The minimum Gasteiger partial charge on any atom is -0.373 e. The lowest BCUT2D eigenvalue weighted by Crippen LogP contribution is -2.37. The highest BCUT2D eigenvalue weighted by molar-refractivity contribution is 14.1. The van der Waals surface area contributed by atoms with E-state index in [4.69, 9.17) is 4.74 Å². The third-order valence-corrected chi connectivity index (χ3v) is 7.49. The molecule has 2 fully saturated rings. The molecule has 0 N–H and O–H groups in total. The molecule has 1 heterocycles. The van der Waals surface area contributed by atoms with Crippen molar-refractivity contribution in [3.05, 3.63) is 0 Å². The number of alkyl halides is 1. The summed E-state index contributed by atoms with van der Waals surface area (Å²) in [5.74, 6) is 1.17. The first-order valence-corrected chi connectivity index (χ1v) is 9.73. The van der Waals surface area contributed by atoms with Crippen LogP contribution in [0.15, 0.2) is 0 Å². The van der Waals surface area contributed by atoms with Crippen LogP contribution in [0.5, 0.6) is 0 Å². The Labute approximate surface area is 124 Å². The number of hydrogen-bond donors (Lipinski definition) is 0. The first kappa shape index (κ1) is 15.0. The highest BCUT2D eigenvalue weighted by atomic mass is 127. The molecule has 3 nitrogen and oxygen atoms in total. The molecule has 0 aromatic rings. The fourth-order valence-electron chi connectivity index (χ4n) is 3.51. The van der Waals surface area contributed by atoms with Crippen molar-refractivity contribution in [1.29, 1.82) is 0 Å². The van der Waals surface area contributed by atoms with Crippen molar-refractivity contribution in [3.63, 3.8) is 0 Å². The normalized spacial score (nSPS) is 42.9. The Hall–Kier alpha value is 0.640. The third-order valence-electron chi connectivity index (χ3n) is 3.95. The van der Waals surface area contributed by atoms with E-state index in [1.54, 1.807) is 0 Å². The van der Waals surface area contributed by atoms with E-state index >= 15 is 0 Å². The zero-order valence-electron chi connectivity index (χ0n) is 11.4. The van der Waals surface area contributed by atoms with Gasteiger partial charge in [0.2, 0.25) is 0 Å². The Kier molecular flexibility index (Phi) is 4.35. The van der Waals surface area contributed by atoms with Gasteiger partial charge in [0.15, 0.2) is 9.84 Å². The van der Waals surface area contributed by atoms with Crippen molar-refractivity contribution in [2.45, 2.75) is 56.2 Å². The second-order valence-corrected chi connectivity index (χ2v) is 10.6. The summed E-state index contributed by atoms with van der Waals surface area (Å²) in [5, 5.41) is 0. The zero-order chi connectivity index (χ0) is 13.6. The largest absolute Gasteiger partial charge is 0.373 e. The molecule has 0 spiro atoms. The van der Waals surface area contributed by atoms with Gasteiger partial charge in [0, 0.05) is 0 Å². The molecule has 106 valence electrons. The molecule has 0 aromatic carbocycles. The van der Waals surface area contributed by atoms with Crippen molar-refractivity contribution in [1.82, 2.24) is 0 Å². The predicted molar refractivity (Wildman–Crippen MR) is 81.9 cm³/mol. The highest BCUT2D eigenvalue weighted by Gasteiger charge is 2.40. The van der Waals surface area contributed by atoms with E-state index in [0.717, 1.165) is 12.8 Å². The smallest absolute Gasteiger partial charge is 0.154 e. The summed E-state index contributed by atoms with van der Waals surface area (Å²) in [5.41, 5.74) is 0.320. The van der Waals surface area contributed by atoms with Crippen LogP contribution in [0.25, 0.3) is 0 Å². The summed E-state index contributed by atoms with van der Waals surface area (Å²) in [6, 6.07) is 0. The molecule has 18 heavy (non-hydrogen) atoms. The van der Waals surface area contributed by atoms with Gasteiger partial charge in [-0.05, 0) is 30.6 Å². The molecule has 4 unspecified atom stereocenters. The first-order valence-electron chi connectivity index (χ1n) is 6.67. The molecule has 0 aromatic heterocycles. The van der Waals surface area contributed by atoms with Crippen LogP contribution in [0, 0.1) is 11.3 Å². The van der Waals surface area contributed by atoms with Gasteiger partial charge in [-0.2, -0.15) is 0 Å². The van der Waals surface area contributed by atoms with E-state index in [0.29, 0.717) is 11.3 Å². The van der Waals surface area contributed by atoms with E-state index in [9.17, 15) is 8.42 Å². The van der Waals surface area contributed by atoms with Crippen LogP contribution in [-0.4, -0.2) is 36.1 Å². The predicted octanol–water partition coefficient (Wildman–Crippen LogP) is 2.82. The van der Waals surface area contributed by atoms with Crippen LogP contribution in [-0.2, 0) is 14.6 Å². The molecule has 1 saturated heterocycles. The molecule has 2 rings (SSSR count). The average molecular weight is 386 g/mol. The molecule has 5 heteroatoms. The Morgan fingerprint density at radius 3 is 2.39 bits per heavy atom. The van der Waals surface area contributed by atoms with Crippen LogP contribution in [0.4, 0.5) is 0 Å². The van der Waals surface area contributed by atoms with Crippen LogP contribution >= 0.6 is 22.6 Å². The molecule has 1 saturated carbocycles. The van der Waals surface area contributed by atoms with Crippen LogP contribution in [0.2, 0.25) is 0 Å². The number of halogens is 1. The van der Waals surface area contributed by atoms with Crippen molar-refractivity contribution < 1.29 is 13.2 Å². The van der Waals surface area contributed by atoms with Gasteiger partial charge in [0.1, 0.15) is 0 Å². The molecule has 2 aliphatic rings. The second kappa shape index (κ2) is 5.20. The highest BCUT2D eigenvalue weighted by Crippen LogP contribution is 2.40. The summed E-state index contributed by atoms with van der Waals surface area (Å²) in [6.45, 7) is 6.84. The maximum Gasteiger partial charge on any atom is 0.154 e. The van der Waals surface area contributed by atoms with Gasteiger partial charge >= 0.3 is 0 Å². The lowest BCUT2D eigenvalue weighted by Gasteiger charge is -2.40. The fraction of sp³-hybridized carbons (Fsp3) is 1.00. The lowest BCUT2D eigenvalue weighted by atomic mass is 9.71. The third kappa shape index (κ3) is 3.82. The number of rotatable bonds is 2. The molecule has 0 radical (unpaired) electrons. The molecular formula is C13H23IO3S.